The number of hydrogen-bond acceptors (Lipinski definition) is 3. The van der Waals surface area contributed by atoms with E-state index < -0.39 is 22.7 Å². The second-order valence-corrected chi connectivity index (χ2v) is 6.92. The monoisotopic (exact) mass is 391 g/mol. The summed E-state index contributed by atoms with van der Waals surface area (Å²) in [4.78, 5) is 25.8. The van der Waals surface area contributed by atoms with E-state index in [0.717, 1.165) is 18.7 Å². The summed E-state index contributed by atoms with van der Waals surface area (Å²) in [6.45, 7) is 2.49. The fourth-order valence-electron chi connectivity index (χ4n) is 2.98. The lowest BCUT2D eigenvalue weighted by atomic mass is 9.92. The van der Waals surface area contributed by atoms with Crippen molar-refractivity contribution in [1.82, 2.24) is 10.2 Å². The van der Waals surface area contributed by atoms with Crippen LogP contribution in [0.4, 0.5) is 18.9 Å². The molecule has 0 radical (unpaired) electrons. The van der Waals surface area contributed by atoms with Crippen LogP contribution in [0.2, 0.25) is 5.02 Å². The van der Waals surface area contributed by atoms with Gasteiger partial charge >= 0.3 is 6.18 Å². The predicted molar refractivity (Wildman–Crippen MR) is 92.9 cm³/mol. The third-order valence-electron chi connectivity index (χ3n) is 4.29. The summed E-state index contributed by atoms with van der Waals surface area (Å²) >= 11 is 5.55. The molecule has 1 aromatic carbocycles. The molecule has 2 N–H and O–H groups in total. The number of carbonyl (C=O) groups is 2. The van der Waals surface area contributed by atoms with E-state index in [4.69, 9.17) is 11.6 Å². The van der Waals surface area contributed by atoms with Crippen LogP contribution in [0.15, 0.2) is 18.2 Å². The largest absolute Gasteiger partial charge is 0.417 e. The molecule has 0 spiro atoms. The van der Waals surface area contributed by atoms with Crippen molar-refractivity contribution in [3.8, 4) is 0 Å². The number of alkyl halides is 3. The molecule has 9 heteroatoms. The normalized spacial score (nSPS) is 20.5. The van der Waals surface area contributed by atoms with E-state index in [9.17, 15) is 22.8 Å². The molecular formula is C17H21ClF3N3O2. The molecule has 1 aliphatic rings. The fourth-order valence-corrected chi connectivity index (χ4v) is 3.21. The average molecular weight is 392 g/mol. The molecule has 2 amide bonds. The van der Waals surface area contributed by atoms with E-state index in [-0.39, 0.29) is 30.1 Å². The first kappa shape index (κ1) is 20.5. The number of nitrogens with one attached hydrogen (secondary N) is 2. The third kappa shape index (κ3) is 5.35. The Balaban J connectivity index is 1.97. The first-order valence-corrected chi connectivity index (χ1v) is 8.60. The first-order chi connectivity index (χ1) is 12.1. The molecule has 5 nitrogen and oxygen atoms in total. The Labute approximate surface area is 154 Å². The van der Waals surface area contributed by atoms with Crippen molar-refractivity contribution in [2.24, 2.45) is 5.92 Å². The van der Waals surface area contributed by atoms with Crippen LogP contribution >= 0.6 is 11.6 Å². The maximum atomic E-state index is 12.9. The van der Waals surface area contributed by atoms with Crippen LogP contribution in [0, 0.1) is 5.92 Å². The van der Waals surface area contributed by atoms with Gasteiger partial charge in [-0.15, -0.1) is 0 Å². The van der Waals surface area contributed by atoms with Gasteiger partial charge in [-0.1, -0.05) is 11.6 Å². The molecule has 0 aliphatic carbocycles. The lowest BCUT2D eigenvalue weighted by Crippen LogP contribution is -2.44. The van der Waals surface area contributed by atoms with Gasteiger partial charge in [0.15, 0.2) is 0 Å². The van der Waals surface area contributed by atoms with Gasteiger partial charge < -0.3 is 15.5 Å². The summed E-state index contributed by atoms with van der Waals surface area (Å²) in [6.07, 6.45) is -3.23. The van der Waals surface area contributed by atoms with Gasteiger partial charge in [-0.05, 0) is 44.5 Å². The minimum atomic E-state index is -4.61. The van der Waals surface area contributed by atoms with Crippen molar-refractivity contribution in [1.29, 1.82) is 0 Å². The maximum Gasteiger partial charge on any atom is 0.417 e. The minimum absolute atomic E-state index is 0.0249. The Morgan fingerprint density at radius 1 is 1.38 bits per heavy atom. The Kier molecular flexibility index (Phi) is 6.52. The van der Waals surface area contributed by atoms with Crippen LogP contribution < -0.4 is 10.6 Å². The highest BCUT2D eigenvalue weighted by molar-refractivity contribution is 6.31. The van der Waals surface area contributed by atoms with Crippen LogP contribution in [0.25, 0.3) is 0 Å². The van der Waals surface area contributed by atoms with Crippen molar-refractivity contribution in [2.75, 3.05) is 25.5 Å². The van der Waals surface area contributed by atoms with Crippen LogP contribution in [-0.2, 0) is 15.8 Å². The Hall–Kier alpha value is -1.80. The first-order valence-electron chi connectivity index (χ1n) is 8.23. The molecule has 1 heterocycles. The zero-order valence-corrected chi connectivity index (χ0v) is 15.2. The summed E-state index contributed by atoms with van der Waals surface area (Å²) in [6, 6.07) is 3.36. The van der Waals surface area contributed by atoms with Crippen LogP contribution in [-0.4, -0.2) is 42.9 Å². The second-order valence-electron chi connectivity index (χ2n) is 6.51. The predicted octanol–water partition coefficient (Wildman–Crippen LogP) is 3.14. The van der Waals surface area contributed by atoms with Gasteiger partial charge in [-0.3, -0.25) is 9.59 Å². The van der Waals surface area contributed by atoms with Crippen molar-refractivity contribution in [3.63, 3.8) is 0 Å². The minimum Gasteiger partial charge on any atom is -0.336 e. The smallest absolute Gasteiger partial charge is 0.336 e. The van der Waals surface area contributed by atoms with Gasteiger partial charge in [0.25, 0.3) is 0 Å². The molecule has 26 heavy (non-hydrogen) atoms. The number of rotatable bonds is 4. The Bertz CT molecular complexity index is 682. The van der Waals surface area contributed by atoms with Crippen molar-refractivity contribution in [2.45, 2.75) is 32.0 Å². The summed E-state index contributed by atoms with van der Waals surface area (Å²) in [5.74, 6) is -0.865. The molecule has 2 rings (SSSR count). The lowest BCUT2D eigenvalue weighted by Gasteiger charge is -2.30. The molecule has 1 aliphatic heterocycles. The van der Waals surface area contributed by atoms with Gasteiger partial charge in [-0.2, -0.15) is 13.2 Å². The number of nitrogens with zero attached hydrogens (tertiary/aromatic N) is 1. The molecule has 0 bridgehead atoms. The lowest BCUT2D eigenvalue weighted by molar-refractivity contribution is -0.138. The Morgan fingerprint density at radius 3 is 2.69 bits per heavy atom. The third-order valence-corrected chi connectivity index (χ3v) is 4.62. The van der Waals surface area contributed by atoms with Crippen molar-refractivity contribution < 1.29 is 22.8 Å². The van der Waals surface area contributed by atoms with Crippen LogP contribution in [0.3, 0.4) is 0 Å². The molecule has 1 saturated heterocycles. The van der Waals surface area contributed by atoms with E-state index in [0.29, 0.717) is 12.8 Å². The number of likely N-dealkylation sites (N-methyl/N-ethyl adjacent to an activating group) is 1. The quantitative estimate of drug-likeness (QED) is 0.829. The highest BCUT2D eigenvalue weighted by atomic mass is 35.5. The fraction of sp³-hybridized carbons (Fsp3) is 0.529. The summed E-state index contributed by atoms with van der Waals surface area (Å²) < 4.78 is 38.6. The van der Waals surface area contributed by atoms with Gasteiger partial charge in [0.1, 0.15) is 0 Å². The van der Waals surface area contributed by atoms with Gasteiger partial charge in [0.2, 0.25) is 11.8 Å². The highest BCUT2D eigenvalue weighted by Crippen LogP contribution is 2.36. The maximum absolute atomic E-state index is 12.9. The average Bonchev–Trinajstić information content (AvgIpc) is 2.54. The van der Waals surface area contributed by atoms with E-state index >= 15 is 0 Å². The standard InChI is InChI=1S/C17H21ClF3N3O2/c1-10-7-11(5-6-22-10)16(26)24(2)9-15(25)23-12-3-4-14(18)13(8-12)17(19,20)21/h3-4,8,10-11,22H,5-7,9H2,1-2H3,(H,23,25)/t10-,11-/m0/s1. The SMILES string of the molecule is C[C@H]1C[C@@H](C(=O)N(C)CC(=O)Nc2ccc(Cl)c(C(F)(F)F)c2)CCN1. The zero-order chi connectivity index (χ0) is 19.5. The highest BCUT2D eigenvalue weighted by Gasteiger charge is 2.33. The zero-order valence-electron chi connectivity index (χ0n) is 14.5. The van der Waals surface area contributed by atoms with E-state index in [1.807, 2.05) is 6.92 Å². The Morgan fingerprint density at radius 2 is 2.08 bits per heavy atom. The molecule has 0 aromatic heterocycles. The van der Waals surface area contributed by atoms with Gasteiger partial charge in [-0.25, -0.2) is 0 Å². The molecular weight excluding hydrogens is 371 g/mol. The van der Waals surface area contributed by atoms with Crippen LogP contribution in [0.5, 0.6) is 0 Å². The van der Waals surface area contributed by atoms with E-state index in [1.54, 1.807) is 0 Å². The topological polar surface area (TPSA) is 61.4 Å². The van der Waals surface area contributed by atoms with E-state index in [1.165, 1.54) is 18.0 Å². The number of anilines is 1. The molecule has 1 aromatic rings. The van der Waals surface area contributed by atoms with E-state index in [2.05, 4.69) is 10.6 Å². The molecule has 2 atom stereocenters. The van der Waals surface area contributed by atoms with Crippen LogP contribution in [0.1, 0.15) is 25.3 Å². The summed E-state index contributed by atoms with van der Waals surface area (Å²) in [7, 11) is 1.51. The number of benzene rings is 1. The number of hydrogen-bond donors (Lipinski definition) is 2. The molecule has 0 saturated carbocycles. The summed E-state index contributed by atoms with van der Waals surface area (Å²) in [5, 5.41) is 5.18. The van der Waals surface area contributed by atoms with Gasteiger partial charge in [0, 0.05) is 24.7 Å². The number of piperidine rings is 1. The van der Waals surface area contributed by atoms with Crippen molar-refractivity contribution >= 4 is 29.1 Å². The van der Waals surface area contributed by atoms with Gasteiger partial charge in [0.05, 0.1) is 17.1 Å². The summed E-state index contributed by atoms with van der Waals surface area (Å²) in [5.41, 5.74) is -1.05. The number of carbonyl (C=O) groups excluding carboxylic acids is 2. The van der Waals surface area contributed by atoms with Crippen molar-refractivity contribution in [3.05, 3.63) is 28.8 Å². The number of amides is 2. The number of halogens is 4. The molecule has 1 fully saturated rings. The molecule has 144 valence electrons. The second kappa shape index (κ2) is 8.26. The molecule has 0 unspecified atom stereocenters.